The van der Waals surface area contributed by atoms with Crippen LogP contribution in [0.4, 0.5) is 0 Å². The first-order chi connectivity index (χ1) is 12.0. The summed E-state index contributed by atoms with van der Waals surface area (Å²) >= 11 is 0. The lowest BCUT2D eigenvalue weighted by Gasteiger charge is -2.42. The van der Waals surface area contributed by atoms with E-state index in [4.69, 9.17) is 14.6 Å². The van der Waals surface area contributed by atoms with Crippen molar-refractivity contribution in [3.8, 4) is 11.5 Å². The van der Waals surface area contributed by atoms with Crippen molar-refractivity contribution in [2.45, 2.75) is 38.3 Å². The minimum atomic E-state index is -0.815. The molecule has 0 saturated heterocycles. The van der Waals surface area contributed by atoms with E-state index in [1.165, 1.54) is 0 Å². The van der Waals surface area contributed by atoms with E-state index in [1.807, 2.05) is 11.8 Å². The molecule has 0 heterocycles. The third kappa shape index (κ3) is 5.94. The number of carbonyl (C=O) groups excluding carboxylic acids is 1. The molecule has 2 rings (SSSR count). The highest BCUT2D eigenvalue weighted by molar-refractivity contribution is 5.76. The molecule has 0 atom stereocenters. The summed E-state index contributed by atoms with van der Waals surface area (Å²) in [5, 5.41) is 11.9. The molecule has 7 heteroatoms. The molecule has 0 spiro atoms. The van der Waals surface area contributed by atoms with Crippen LogP contribution >= 0.6 is 0 Å². The molecule has 0 radical (unpaired) electrons. The van der Waals surface area contributed by atoms with E-state index in [0.717, 1.165) is 18.6 Å². The molecule has 138 valence electrons. The number of methoxy groups -OCH3 is 1. The summed E-state index contributed by atoms with van der Waals surface area (Å²) in [6.45, 7) is 3.02. The van der Waals surface area contributed by atoms with Crippen LogP contribution in [0.5, 0.6) is 11.5 Å². The van der Waals surface area contributed by atoms with Crippen molar-refractivity contribution in [3.63, 3.8) is 0 Å². The average molecular weight is 350 g/mol. The first-order valence-corrected chi connectivity index (χ1v) is 8.53. The Morgan fingerprint density at radius 1 is 1.24 bits per heavy atom. The van der Waals surface area contributed by atoms with Crippen molar-refractivity contribution in [2.75, 3.05) is 26.8 Å². The van der Waals surface area contributed by atoms with E-state index in [-0.39, 0.29) is 24.5 Å². The van der Waals surface area contributed by atoms with Crippen LogP contribution in [0.3, 0.4) is 0 Å². The lowest BCUT2D eigenvalue weighted by atomic mass is 9.85. The van der Waals surface area contributed by atoms with Gasteiger partial charge in [-0.1, -0.05) is 6.92 Å². The molecule has 2 N–H and O–H groups in total. The second kappa shape index (κ2) is 9.27. The number of carboxylic acids is 1. The Morgan fingerprint density at radius 2 is 1.88 bits per heavy atom. The van der Waals surface area contributed by atoms with Gasteiger partial charge in [-0.15, -0.1) is 0 Å². The van der Waals surface area contributed by atoms with Gasteiger partial charge in [0.2, 0.25) is 5.91 Å². The SMILES string of the molecule is CCN(CC(=O)O)C1CC(NC(=O)CCOc2ccc(OC)cc2)C1. The van der Waals surface area contributed by atoms with Crippen molar-refractivity contribution < 1.29 is 24.2 Å². The number of ether oxygens (including phenoxy) is 2. The Kier molecular flexibility index (Phi) is 7.06. The second-order valence-electron chi connectivity index (χ2n) is 6.12. The van der Waals surface area contributed by atoms with Crippen molar-refractivity contribution in [1.82, 2.24) is 10.2 Å². The number of hydrogen-bond acceptors (Lipinski definition) is 5. The summed E-state index contributed by atoms with van der Waals surface area (Å²) in [6.07, 6.45) is 1.89. The molecule has 0 aliphatic heterocycles. The molecule has 1 aromatic rings. The smallest absolute Gasteiger partial charge is 0.317 e. The van der Waals surface area contributed by atoms with Crippen molar-refractivity contribution in [1.29, 1.82) is 0 Å². The van der Waals surface area contributed by atoms with Crippen molar-refractivity contribution in [3.05, 3.63) is 24.3 Å². The molecule has 7 nitrogen and oxygen atoms in total. The zero-order valence-electron chi connectivity index (χ0n) is 14.7. The highest BCUT2D eigenvalue weighted by Gasteiger charge is 2.34. The van der Waals surface area contributed by atoms with Crippen LogP contribution < -0.4 is 14.8 Å². The summed E-state index contributed by atoms with van der Waals surface area (Å²) in [7, 11) is 1.60. The van der Waals surface area contributed by atoms with E-state index in [9.17, 15) is 9.59 Å². The van der Waals surface area contributed by atoms with E-state index in [1.54, 1.807) is 31.4 Å². The minimum Gasteiger partial charge on any atom is -0.497 e. The molecule has 25 heavy (non-hydrogen) atoms. The predicted molar refractivity (Wildman–Crippen MR) is 92.9 cm³/mol. The number of likely N-dealkylation sites (N-methyl/N-ethyl adjacent to an activating group) is 1. The van der Waals surface area contributed by atoms with E-state index < -0.39 is 5.97 Å². The maximum atomic E-state index is 11.9. The Labute approximate surface area is 147 Å². The van der Waals surface area contributed by atoms with Gasteiger partial charge in [-0.25, -0.2) is 0 Å². The fraction of sp³-hybridized carbons (Fsp3) is 0.556. The predicted octanol–water partition coefficient (Wildman–Crippen LogP) is 1.52. The molecular formula is C18H26N2O5. The molecule has 1 saturated carbocycles. The fourth-order valence-corrected chi connectivity index (χ4v) is 2.91. The molecule has 1 fully saturated rings. The zero-order chi connectivity index (χ0) is 18.2. The molecule has 1 aromatic carbocycles. The van der Waals surface area contributed by atoms with Crippen LogP contribution in [0, 0.1) is 0 Å². The number of carboxylic acid groups (broad SMARTS) is 1. The number of amides is 1. The quantitative estimate of drug-likeness (QED) is 0.665. The molecular weight excluding hydrogens is 324 g/mol. The van der Waals surface area contributed by atoms with Gasteiger partial charge in [-0.3, -0.25) is 14.5 Å². The van der Waals surface area contributed by atoms with Gasteiger partial charge in [0.1, 0.15) is 11.5 Å². The molecule has 1 amide bonds. The standard InChI is InChI=1S/C18H26N2O5/c1-3-20(12-18(22)23)14-10-13(11-14)19-17(21)8-9-25-16-6-4-15(24-2)5-7-16/h4-7,13-14H,3,8-12H2,1-2H3,(H,19,21)(H,22,23). The third-order valence-electron chi connectivity index (χ3n) is 4.40. The fourth-order valence-electron chi connectivity index (χ4n) is 2.91. The van der Waals surface area contributed by atoms with E-state index >= 15 is 0 Å². The lowest BCUT2D eigenvalue weighted by molar-refractivity contribution is -0.139. The van der Waals surface area contributed by atoms with Crippen LogP contribution in [0.25, 0.3) is 0 Å². The van der Waals surface area contributed by atoms with Crippen molar-refractivity contribution >= 4 is 11.9 Å². The number of hydrogen-bond donors (Lipinski definition) is 2. The molecule has 0 unspecified atom stereocenters. The van der Waals surface area contributed by atoms with Crippen LogP contribution in [-0.2, 0) is 9.59 Å². The van der Waals surface area contributed by atoms with Crippen LogP contribution in [-0.4, -0.2) is 60.8 Å². The van der Waals surface area contributed by atoms with Gasteiger partial charge in [0.05, 0.1) is 26.7 Å². The largest absolute Gasteiger partial charge is 0.497 e. The Balaban J connectivity index is 1.62. The molecule has 0 bridgehead atoms. The Hall–Kier alpha value is -2.28. The monoisotopic (exact) mass is 350 g/mol. The summed E-state index contributed by atoms with van der Waals surface area (Å²) in [4.78, 5) is 24.7. The van der Waals surface area contributed by atoms with Gasteiger partial charge in [-0.05, 0) is 43.7 Å². The number of nitrogens with one attached hydrogen (secondary N) is 1. The molecule has 1 aliphatic carbocycles. The molecule has 1 aliphatic rings. The lowest BCUT2D eigenvalue weighted by Crippen LogP contribution is -2.54. The Morgan fingerprint density at radius 3 is 2.44 bits per heavy atom. The number of aliphatic carboxylic acids is 1. The highest BCUT2D eigenvalue weighted by Crippen LogP contribution is 2.25. The first-order valence-electron chi connectivity index (χ1n) is 8.53. The summed E-state index contributed by atoms with van der Waals surface area (Å²) in [5.41, 5.74) is 0. The van der Waals surface area contributed by atoms with Gasteiger partial charge < -0.3 is 19.9 Å². The topological polar surface area (TPSA) is 88.1 Å². The van der Waals surface area contributed by atoms with Crippen molar-refractivity contribution in [2.24, 2.45) is 0 Å². The second-order valence-corrected chi connectivity index (χ2v) is 6.12. The summed E-state index contributed by atoms with van der Waals surface area (Å²) < 4.78 is 10.6. The third-order valence-corrected chi connectivity index (χ3v) is 4.40. The maximum Gasteiger partial charge on any atom is 0.317 e. The minimum absolute atomic E-state index is 0.0433. The average Bonchev–Trinajstić information content (AvgIpc) is 2.56. The number of rotatable bonds is 10. The van der Waals surface area contributed by atoms with E-state index in [0.29, 0.717) is 25.3 Å². The normalized spacial score (nSPS) is 19.2. The number of nitrogens with zero attached hydrogens (tertiary/aromatic N) is 1. The van der Waals surface area contributed by atoms with Gasteiger partial charge in [0.15, 0.2) is 0 Å². The van der Waals surface area contributed by atoms with Gasteiger partial charge in [0.25, 0.3) is 0 Å². The molecule has 0 aromatic heterocycles. The van der Waals surface area contributed by atoms with Gasteiger partial charge >= 0.3 is 5.97 Å². The number of carbonyl (C=O) groups is 2. The maximum absolute atomic E-state index is 11.9. The first kappa shape index (κ1) is 19.1. The van der Waals surface area contributed by atoms with Crippen LogP contribution in [0.2, 0.25) is 0 Å². The highest BCUT2D eigenvalue weighted by atomic mass is 16.5. The summed E-state index contributed by atoms with van der Waals surface area (Å²) in [6, 6.07) is 7.58. The zero-order valence-corrected chi connectivity index (χ0v) is 14.7. The Bertz CT molecular complexity index is 569. The van der Waals surface area contributed by atoms with Crippen LogP contribution in [0.15, 0.2) is 24.3 Å². The van der Waals surface area contributed by atoms with Gasteiger partial charge in [0, 0.05) is 12.1 Å². The number of benzene rings is 1. The van der Waals surface area contributed by atoms with Gasteiger partial charge in [-0.2, -0.15) is 0 Å². The summed E-state index contributed by atoms with van der Waals surface area (Å²) in [5.74, 6) is 0.599. The van der Waals surface area contributed by atoms with Crippen LogP contribution in [0.1, 0.15) is 26.2 Å². The van der Waals surface area contributed by atoms with E-state index in [2.05, 4.69) is 5.32 Å².